The lowest BCUT2D eigenvalue weighted by Gasteiger charge is -2.63. The van der Waals surface area contributed by atoms with Gasteiger partial charge in [0, 0.05) is 61.9 Å². The van der Waals surface area contributed by atoms with E-state index in [1.54, 1.807) is 11.1 Å². The predicted octanol–water partition coefficient (Wildman–Crippen LogP) is 3.75. The second-order valence-corrected chi connectivity index (χ2v) is 15.3. The van der Waals surface area contributed by atoms with Gasteiger partial charge in [0.05, 0.1) is 0 Å². The van der Waals surface area contributed by atoms with Crippen molar-refractivity contribution in [2.24, 2.45) is 23.7 Å². The molecule has 200 valence electrons. The summed E-state index contributed by atoms with van der Waals surface area (Å²) in [5, 5.41) is 15.4. The van der Waals surface area contributed by atoms with Gasteiger partial charge < -0.3 is 21.3 Å². The van der Waals surface area contributed by atoms with E-state index in [-0.39, 0.29) is 10.6 Å². The molecule has 0 amide bonds. The standard InChI is InChI=1S/C30H50N4P2/c1-28(2,3)21-4-5-24(29(18-35)22-11-19-10-20(13-22)14-23(29)12-19)25(15-21)30(36,26-16-31-6-8-33-26)27-17-32-7-9-34-27/h4-5,15,19-20,22-23,26-27,31-34H,6-14,16-18,35-36H2,1-3H3. The maximum atomic E-state index is 3.98. The minimum Gasteiger partial charge on any atom is -0.314 e. The zero-order valence-electron chi connectivity index (χ0n) is 22.8. The van der Waals surface area contributed by atoms with Crippen molar-refractivity contribution in [1.29, 1.82) is 0 Å². The highest BCUT2D eigenvalue weighted by Gasteiger charge is 2.59. The van der Waals surface area contributed by atoms with Gasteiger partial charge in [-0.05, 0) is 84.0 Å². The molecule has 4 N–H and O–H groups in total. The minimum absolute atomic E-state index is 0.0844. The van der Waals surface area contributed by atoms with E-state index in [9.17, 15) is 0 Å². The SMILES string of the molecule is CC(C)(C)c1ccc(C2(CP)C3CC4CC(C3)CC2C4)c(C(P)(C2CNCCN2)C2CNCCN2)c1. The van der Waals surface area contributed by atoms with Crippen LogP contribution in [0.5, 0.6) is 0 Å². The number of nitrogens with one attached hydrogen (secondary N) is 4. The number of hydrogen-bond acceptors (Lipinski definition) is 4. The molecule has 4 saturated carbocycles. The molecular formula is C30H50N4P2. The lowest BCUT2D eigenvalue weighted by atomic mass is 9.43. The Labute approximate surface area is 224 Å². The topological polar surface area (TPSA) is 48.1 Å². The normalized spacial score (nSPS) is 40.2. The van der Waals surface area contributed by atoms with Gasteiger partial charge in [-0.15, -0.1) is 18.5 Å². The largest absolute Gasteiger partial charge is 0.314 e. The lowest BCUT2D eigenvalue weighted by Crippen LogP contribution is -2.67. The Hall–Kier alpha value is -0.0800. The first-order chi connectivity index (χ1) is 17.3. The minimum atomic E-state index is -0.0844. The van der Waals surface area contributed by atoms with E-state index >= 15 is 0 Å². The number of benzene rings is 1. The Morgan fingerprint density at radius 3 is 1.83 bits per heavy atom. The second kappa shape index (κ2) is 9.83. The molecule has 4 nitrogen and oxygen atoms in total. The van der Waals surface area contributed by atoms with E-state index in [0.29, 0.717) is 17.5 Å². The number of rotatable bonds is 5. The Morgan fingerprint density at radius 1 is 0.833 bits per heavy atom. The molecule has 0 radical (unpaired) electrons. The monoisotopic (exact) mass is 528 g/mol. The van der Waals surface area contributed by atoms with Crippen LogP contribution in [-0.2, 0) is 16.0 Å². The van der Waals surface area contributed by atoms with Crippen LogP contribution in [0.2, 0.25) is 0 Å². The third-order valence-electron chi connectivity index (χ3n) is 11.0. The van der Waals surface area contributed by atoms with Gasteiger partial charge in [-0.1, -0.05) is 39.0 Å². The number of hydrogen-bond donors (Lipinski definition) is 4. The first-order valence-electron chi connectivity index (χ1n) is 14.8. The Morgan fingerprint density at radius 2 is 1.39 bits per heavy atom. The van der Waals surface area contributed by atoms with Crippen LogP contribution in [0.15, 0.2) is 18.2 Å². The van der Waals surface area contributed by atoms with Gasteiger partial charge in [-0.25, -0.2) is 0 Å². The zero-order valence-corrected chi connectivity index (χ0v) is 25.1. The molecule has 2 aliphatic heterocycles. The van der Waals surface area contributed by atoms with Crippen LogP contribution < -0.4 is 21.3 Å². The molecule has 6 fully saturated rings. The van der Waals surface area contributed by atoms with E-state index in [1.165, 1.54) is 43.8 Å². The molecule has 4 atom stereocenters. The summed E-state index contributed by atoms with van der Waals surface area (Å²) in [6, 6.07) is 8.52. The fraction of sp³-hybridized carbons (Fsp3) is 0.800. The Bertz CT molecular complexity index is 899. The summed E-state index contributed by atoms with van der Waals surface area (Å²) in [4.78, 5) is 0. The Kier molecular flexibility index (Phi) is 7.15. The summed E-state index contributed by atoms with van der Waals surface area (Å²) in [6.45, 7) is 13.4. The van der Waals surface area contributed by atoms with Crippen LogP contribution in [0.4, 0.5) is 0 Å². The molecule has 6 aliphatic rings. The molecule has 1 aromatic carbocycles. The van der Waals surface area contributed by atoms with Gasteiger partial charge in [0.15, 0.2) is 0 Å². The molecule has 0 aromatic heterocycles. The van der Waals surface area contributed by atoms with Gasteiger partial charge in [-0.3, -0.25) is 0 Å². The van der Waals surface area contributed by atoms with Gasteiger partial charge >= 0.3 is 0 Å². The quantitative estimate of drug-likeness (QED) is 0.440. The van der Waals surface area contributed by atoms with Crippen LogP contribution in [0.1, 0.15) is 69.6 Å². The summed E-state index contributed by atoms with van der Waals surface area (Å²) in [7, 11) is 6.74. The lowest BCUT2D eigenvalue weighted by molar-refractivity contribution is -0.0507. The molecule has 4 bridgehead atoms. The highest BCUT2D eigenvalue weighted by Crippen LogP contribution is 2.64. The van der Waals surface area contributed by atoms with E-state index in [0.717, 1.165) is 62.9 Å². The summed E-state index contributed by atoms with van der Waals surface area (Å²) in [6.07, 6.45) is 8.54. The van der Waals surface area contributed by atoms with Crippen LogP contribution in [0.25, 0.3) is 0 Å². The highest BCUT2D eigenvalue weighted by atomic mass is 31.0. The fourth-order valence-electron chi connectivity index (χ4n) is 9.28. The number of piperazine rings is 2. The fourth-order valence-corrected chi connectivity index (χ4v) is 10.9. The molecule has 4 unspecified atom stereocenters. The van der Waals surface area contributed by atoms with Gasteiger partial charge in [0.2, 0.25) is 0 Å². The smallest absolute Gasteiger partial charge is 0.0429 e. The molecule has 7 rings (SSSR count). The average Bonchev–Trinajstić information content (AvgIpc) is 2.89. The molecule has 4 aliphatic carbocycles. The molecule has 6 heteroatoms. The van der Waals surface area contributed by atoms with Crippen molar-refractivity contribution >= 4 is 18.5 Å². The predicted molar refractivity (Wildman–Crippen MR) is 159 cm³/mol. The zero-order chi connectivity index (χ0) is 25.1. The van der Waals surface area contributed by atoms with Crippen molar-refractivity contribution in [3.63, 3.8) is 0 Å². The van der Waals surface area contributed by atoms with Gasteiger partial charge in [0.1, 0.15) is 0 Å². The molecule has 0 spiro atoms. The molecule has 2 heterocycles. The summed E-state index contributed by atoms with van der Waals surface area (Å²) < 4.78 is 0. The van der Waals surface area contributed by atoms with Crippen molar-refractivity contribution in [2.75, 3.05) is 45.4 Å². The van der Waals surface area contributed by atoms with Gasteiger partial charge in [0.25, 0.3) is 0 Å². The van der Waals surface area contributed by atoms with Crippen molar-refractivity contribution in [3.05, 3.63) is 34.9 Å². The Balaban J connectivity index is 1.55. The summed E-state index contributed by atoms with van der Waals surface area (Å²) in [5.74, 6) is 3.66. The molecular weight excluding hydrogens is 478 g/mol. The maximum absolute atomic E-state index is 3.98. The van der Waals surface area contributed by atoms with Crippen LogP contribution in [0, 0.1) is 23.7 Å². The highest BCUT2D eigenvalue weighted by molar-refractivity contribution is 7.18. The van der Waals surface area contributed by atoms with Crippen LogP contribution >= 0.6 is 18.5 Å². The third kappa shape index (κ3) is 4.17. The third-order valence-corrected chi connectivity index (χ3v) is 12.8. The van der Waals surface area contributed by atoms with E-state index < -0.39 is 0 Å². The van der Waals surface area contributed by atoms with Crippen LogP contribution in [-0.4, -0.2) is 57.5 Å². The first-order valence-corrected chi connectivity index (χ1v) is 16.2. The first kappa shape index (κ1) is 26.2. The van der Waals surface area contributed by atoms with E-state index in [1.807, 2.05) is 0 Å². The summed E-state index contributed by atoms with van der Waals surface area (Å²) >= 11 is 0. The molecule has 2 saturated heterocycles. The van der Waals surface area contributed by atoms with E-state index in [2.05, 4.69) is 78.7 Å². The molecule has 1 aromatic rings. The van der Waals surface area contributed by atoms with Crippen molar-refractivity contribution < 1.29 is 0 Å². The van der Waals surface area contributed by atoms with Gasteiger partial charge in [-0.2, -0.15) is 0 Å². The second-order valence-electron chi connectivity index (χ2n) is 13.9. The van der Waals surface area contributed by atoms with Crippen molar-refractivity contribution in [1.82, 2.24) is 21.3 Å². The van der Waals surface area contributed by atoms with E-state index in [4.69, 9.17) is 0 Å². The van der Waals surface area contributed by atoms with Crippen molar-refractivity contribution in [2.45, 2.75) is 80.9 Å². The van der Waals surface area contributed by atoms with Crippen molar-refractivity contribution in [3.8, 4) is 0 Å². The maximum Gasteiger partial charge on any atom is 0.0429 e. The average molecular weight is 529 g/mol. The molecule has 36 heavy (non-hydrogen) atoms. The van der Waals surface area contributed by atoms with Crippen LogP contribution in [0.3, 0.4) is 0 Å². The summed E-state index contributed by atoms with van der Waals surface area (Å²) in [5.41, 5.74) is 5.21.